The van der Waals surface area contributed by atoms with Crippen LogP contribution in [0, 0.1) is 11.7 Å². The number of hydrogen-bond acceptors (Lipinski definition) is 3. The van der Waals surface area contributed by atoms with E-state index in [1.807, 2.05) is 0 Å². The first kappa shape index (κ1) is 13.8. The van der Waals surface area contributed by atoms with Gasteiger partial charge in [-0.3, -0.25) is 4.90 Å². The van der Waals surface area contributed by atoms with Crippen molar-refractivity contribution in [3.63, 3.8) is 0 Å². The molecular formula is C16H23FN2O. The van der Waals surface area contributed by atoms with E-state index in [9.17, 15) is 4.39 Å². The normalized spacial score (nSPS) is 22.3. The smallest absolute Gasteiger partial charge is 0.123 e. The van der Waals surface area contributed by atoms with Crippen LogP contribution in [0.2, 0.25) is 0 Å². The Morgan fingerprint density at radius 2 is 2.15 bits per heavy atom. The zero-order chi connectivity index (χ0) is 13.9. The lowest BCUT2D eigenvalue weighted by atomic mass is 9.99. The summed E-state index contributed by atoms with van der Waals surface area (Å²) in [5, 5.41) is 3.44. The molecule has 20 heavy (non-hydrogen) atoms. The van der Waals surface area contributed by atoms with E-state index in [-0.39, 0.29) is 5.82 Å². The van der Waals surface area contributed by atoms with Crippen LogP contribution in [0.5, 0.6) is 5.75 Å². The fraction of sp³-hybridized carbons (Fsp3) is 0.625. The van der Waals surface area contributed by atoms with Crippen molar-refractivity contribution in [3.8, 4) is 5.75 Å². The molecule has 0 spiro atoms. The average Bonchev–Trinajstić information content (AvgIpc) is 3.27. The SMILES string of the molecule is COc1ccc(F)cc1C(C1CC1)N1CCCNCC1. The molecule has 1 atom stereocenters. The van der Waals surface area contributed by atoms with Crippen LogP contribution in [-0.4, -0.2) is 38.2 Å². The van der Waals surface area contributed by atoms with Gasteiger partial charge in [-0.2, -0.15) is 0 Å². The van der Waals surface area contributed by atoms with Crippen LogP contribution in [0.15, 0.2) is 18.2 Å². The molecule has 110 valence electrons. The summed E-state index contributed by atoms with van der Waals surface area (Å²) in [6, 6.07) is 5.22. The Kier molecular flexibility index (Phi) is 4.22. The second kappa shape index (κ2) is 6.10. The van der Waals surface area contributed by atoms with E-state index < -0.39 is 0 Å². The van der Waals surface area contributed by atoms with Crippen LogP contribution in [-0.2, 0) is 0 Å². The van der Waals surface area contributed by atoms with Gasteiger partial charge in [0, 0.05) is 31.2 Å². The van der Waals surface area contributed by atoms with Crippen molar-refractivity contribution >= 4 is 0 Å². The number of halogens is 1. The molecule has 1 aliphatic carbocycles. The second-order valence-corrected chi connectivity index (χ2v) is 5.81. The molecule has 4 heteroatoms. The average molecular weight is 278 g/mol. The quantitative estimate of drug-likeness (QED) is 0.916. The van der Waals surface area contributed by atoms with Gasteiger partial charge in [-0.05, 0) is 49.9 Å². The largest absolute Gasteiger partial charge is 0.496 e. The molecule has 1 unspecified atom stereocenters. The number of hydrogen-bond donors (Lipinski definition) is 1. The predicted molar refractivity (Wildman–Crippen MR) is 77.5 cm³/mol. The lowest BCUT2D eigenvalue weighted by Crippen LogP contribution is -2.33. The van der Waals surface area contributed by atoms with Gasteiger partial charge in [0.1, 0.15) is 11.6 Å². The Morgan fingerprint density at radius 3 is 2.90 bits per heavy atom. The molecule has 2 fully saturated rings. The summed E-state index contributed by atoms with van der Waals surface area (Å²) in [6.07, 6.45) is 3.64. The third-order valence-corrected chi connectivity index (χ3v) is 4.35. The molecule has 1 aliphatic heterocycles. The fourth-order valence-electron chi connectivity index (χ4n) is 3.24. The third-order valence-electron chi connectivity index (χ3n) is 4.35. The summed E-state index contributed by atoms with van der Waals surface area (Å²) in [6.45, 7) is 4.20. The summed E-state index contributed by atoms with van der Waals surface area (Å²) >= 11 is 0. The van der Waals surface area contributed by atoms with Crippen molar-refractivity contribution in [1.29, 1.82) is 0 Å². The van der Waals surface area contributed by atoms with Gasteiger partial charge < -0.3 is 10.1 Å². The number of rotatable bonds is 4. The molecule has 3 rings (SSSR count). The van der Waals surface area contributed by atoms with Gasteiger partial charge in [-0.15, -0.1) is 0 Å². The third kappa shape index (κ3) is 2.96. The van der Waals surface area contributed by atoms with Gasteiger partial charge in [0.05, 0.1) is 7.11 Å². The van der Waals surface area contributed by atoms with Gasteiger partial charge in [0.25, 0.3) is 0 Å². The first-order chi connectivity index (χ1) is 9.79. The number of nitrogens with one attached hydrogen (secondary N) is 1. The molecule has 2 aliphatic rings. The van der Waals surface area contributed by atoms with Crippen LogP contribution in [0.4, 0.5) is 4.39 Å². The molecule has 1 saturated carbocycles. The molecule has 1 saturated heterocycles. The molecule has 3 nitrogen and oxygen atoms in total. The molecule has 0 radical (unpaired) electrons. The van der Waals surface area contributed by atoms with Crippen molar-refractivity contribution in [2.45, 2.75) is 25.3 Å². The molecule has 0 amide bonds. The summed E-state index contributed by atoms with van der Waals surface area (Å²) in [4.78, 5) is 2.51. The van der Waals surface area contributed by atoms with Crippen LogP contribution < -0.4 is 10.1 Å². The number of methoxy groups -OCH3 is 1. The molecule has 1 N–H and O–H groups in total. The second-order valence-electron chi connectivity index (χ2n) is 5.81. The maximum Gasteiger partial charge on any atom is 0.123 e. The number of ether oxygens (including phenoxy) is 1. The highest BCUT2D eigenvalue weighted by Gasteiger charge is 2.38. The highest BCUT2D eigenvalue weighted by molar-refractivity contribution is 5.37. The topological polar surface area (TPSA) is 24.5 Å². The first-order valence-corrected chi connectivity index (χ1v) is 7.58. The zero-order valence-corrected chi connectivity index (χ0v) is 12.1. The Hall–Kier alpha value is -1.13. The minimum atomic E-state index is -0.167. The van der Waals surface area contributed by atoms with Gasteiger partial charge in [-0.25, -0.2) is 4.39 Å². The predicted octanol–water partition coefficient (Wildman–Crippen LogP) is 2.58. The summed E-state index contributed by atoms with van der Waals surface area (Å²) in [5.74, 6) is 1.31. The highest BCUT2D eigenvalue weighted by atomic mass is 19.1. The Balaban J connectivity index is 1.91. The van der Waals surface area contributed by atoms with Crippen LogP contribution in [0.25, 0.3) is 0 Å². The molecule has 1 aromatic carbocycles. The van der Waals surface area contributed by atoms with E-state index in [1.54, 1.807) is 19.2 Å². The minimum Gasteiger partial charge on any atom is -0.496 e. The lowest BCUT2D eigenvalue weighted by molar-refractivity contribution is 0.185. The van der Waals surface area contributed by atoms with Gasteiger partial charge >= 0.3 is 0 Å². The van der Waals surface area contributed by atoms with Crippen molar-refractivity contribution in [1.82, 2.24) is 10.2 Å². The van der Waals surface area contributed by atoms with Crippen molar-refractivity contribution in [2.75, 3.05) is 33.3 Å². The van der Waals surface area contributed by atoms with Gasteiger partial charge in [-0.1, -0.05) is 0 Å². The Morgan fingerprint density at radius 1 is 1.30 bits per heavy atom. The van der Waals surface area contributed by atoms with Crippen molar-refractivity contribution in [3.05, 3.63) is 29.6 Å². The van der Waals surface area contributed by atoms with Gasteiger partial charge in [0.2, 0.25) is 0 Å². The van der Waals surface area contributed by atoms with E-state index in [4.69, 9.17) is 4.74 Å². The lowest BCUT2D eigenvalue weighted by Gasteiger charge is -2.32. The van der Waals surface area contributed by atoms with Crippen molar-refractivity contribution < 1.29 is 9.13 Å². The molecule has 1 aromatic rings. The molecule has 0 aromatic heterocycles. The first-order valence-electron chi connectivity index (χ1n) is 7.58. The van der Waals surface area contributed by atoms with E-state index in [0.29, 0.717) is 12.0 Å². The number of benzene rings is 1. The van der Waals surface area contributed by atoms with Crippen LogP contribution in [0.1, 0.15) is 30.9 Å². The standard InChI is InChI=1S/C16H23FN2O/c1-20-15-6-5-13(17)11-14(15)16(12-3-4-12)19-9-2-7-18-8-10-19/h5-6,11-12,16,18H,2-4,7-10H2,1H3. The zero-order valence-electron chi connectivity index (χ0n) is 12.1. The van der Waals surface area contributed by atoms with Gasteiger partial charge in [0.15, 0.2) is 0 Å². The van der Waals surface area contributed by atoms with E-state index in [0.717, 1.165) is 43.9 Å². The van der Waals surface area contributed by atoms with Crippen molar-refractivity contribution in [2.24, 2.45) is 5.92 Å². The fourth-order valence-corrected chi connectivity index (χ4v) is 3.24. The van der Waals surface area contributed by atoms with Crippen LogP contribution >= 0.6 is 0 Å². The Bertz CT molecular complexity index is 454. The summed E-state index contributed by atoms with van der Waals surface area (Å²) < 4.78 is 19.2. The molecular weight excluding hydrogens is 255 g/mol. The maximum absolute atomic E-state index is 13.7. The minimum absolute atomic E-state index is 0.167. The molecule has 0 bridgehead atoms. The maximum atomic E-state index is 13.7. The van der Waals surface area contributed by atoms with E-state index in [2.05, 4.69) is 10.2 Å². The Labute approximate surface area is 120 Å². The monoisotopic (exact) mass is 278 g/mol. The highest BCUT2D eigenvalue weighted by Crippen LogP contribution is 2.47. The summed E-state index contributed by atoms with van der Waals surface area (Å²) in [7, 11) is 1.67. The number of nitrogens with zero attached hydrogens (tertiary/aromatic N) is 1. The van der Waals surface area contributed by atoms with E-state index in [1.165, 1.54) is 18.9 Å². The van der Waals surface area contributed by atoms with Crippen LogP contribution in [0.3, 0.4) is 0 Å². The van der Waals surface area contributed by atoms with E-state index >= 15 is 0 Å². The molecule has 1 heterocycles. The summed E-state index contributed by atoms with van der Waals surface area (Å²) in [5.41, 5.74) is 1.02.